The number of amides is 2. The van der Waals surface area contributed by atoms with Crippen LogP contribution in [0.4, 0.5) is 4.79 Å². The summed E-state index contributed by atoms with van der Waals surface area (Å²) in [5.74, 6) is 0.241. The summed E-state index contributed by atoms with van der Waals surface area (Å²) in [4.78, 5) is 27.3. The third-order valence-electron chi connectivity index (χ3n) is 3.58. The molecule has 1 aliphatic heterocycles. The van der Waals surface area contributed by atoms with Gasteiger partial charge in [-0.1, -0.05) is 6.92 Å². The number of carbonyl (C=O) groups excluding carboxylic acids is 2. The van der Waals surface area contributed by atoms with Gasteiger partial charge in [-0.3, -0.25) is 4.79 Å². The summed E-state index contributed by atoms with van der Waals surface area (Å²) in [6.07, 6.45) is 2.43. The first-order chi connectivity index (χ1) is 9.58. The molecule has 0 aliphatic carbocycles. The maximum Gasteiger partial charge on any atom is 0.320 e. The van der Waals surface area contributed by atoms with Crippen molar-refractivity contribution < 1.29 is 19.1 Å². The molecule has 0 bridgehead atoms. The van der Waals surface area contributed by atoms with Crippen molar-refractivity contribution in [2.75, 3.05) is 47.0 Å². The average molecular weight is 286 g/mol. The van der Waals surface area contributed by atoms with Gasteiger partial charge in [0.2, 0.25) is 0 Å². The van der Waals surface area contributed by atoms with Crippen molar-refractivity contribution in [3.63, 3.8) is 0 Å². The third-order valence-corrected chi connectivity index (χ3v) is 3.58. The van der Waals surface area contributed by atoms with Gasteiger partial charge in [-0.15, -0.1) is 0 Å². The number of methoxy groups -OCH3 is 2. The highest BCUT2D eigenvalue weighted by Crippen LogP contribution is 2.17. The maximum absolute atomic E-state index is 12.5. The summed E-state index contributed by atoms with van der Waals surface area (Å²) in [5, 5.41) is 0. The van der Waals surface area contributed by atoms with Crippen LogP contribution < -0.4 is 0 Å². The minimum atomic E-state index is -0.299. The van der Waals surface area contributed by atoms with E-state index in [0.29, 0.717) is 25.6 Å². The van der Waals surface area contributed by atoms with E-state index in [4.69, 9.17) is 4.74 Å². The standard InChI is InChI=1S/C14H26N2O4/c1-12-5-4-7-16(11-12)14(18)15(9-10-19-2)8-6-13(17)20-3/h12H,4-11H2,1-3H3. The molecule has 0 aromatic carbocycles. The SMILES string of the molecule is COCCN(CCC(=O)OC)C(=O)N1CCCC(C)C1. The second-order valence-corrected chi connectivity index (χ2v) is 5.28. The van der Waals surface area contributed by atoms with E-state index in [1.807, 2.05) is 4.90 Å². The minimum absolute atomic E-state index is 0.00231. The second-order valence-electron chi connectivity index (χ2n) is 5.28. The molecule has 1 rings (SSSR count). The number of carbonyl (C=O) groups is 2. The lowest BCUT2D eigenvalue weighted by Gasteiger charge is -2.35. The van der Waals surface area contributed by atoms with Crippen LogP contribution in [-0.2, 0) is 14.3 Å². The molecule has 1 heterocycles. The van der Waals surface area contributed by atoms with Crippen molar-refractivity contribution in [2.24, 2.45) is 5.92 Å². The summed E-state index contributed by atoms with van der Waals surface area (Å²) in [6, 6.07) is -0.00231. The largest absolute Gasteiger partial charge is 0.469 e. The van der Waals surface area contributed by atoms with Gasteiger partial charge in [0, 0.05) is 33.3 Å². The minimum Gasteiger partial charge on any atom is -0.469 e. The fourth-order valence-electron chi connectivity index (χ4n) is 2.40. The number of urea groups is 1. The normalized spacial score (nSPS) is 18.8. The Labute approximate surface area is 121 Å². The van der Waals surface area contributed by atoms with Gasteiger partial charge in [0.25, 0.3) is 0 Å². The van der Waals surface area contributed by atoms with Gasteiger partial charge >= 0.3 is 12.0 Å². The lowest BCUT2D eigenvalue weighted by Crippen LogP contribution is -2.48. The number of piperidine rings is 1. The zero-order valence-corrected chi connectivity index (χ0v) is 12.8. The van der Waals surface area contributed by atoms with Gasteiger partial charge in [-0.25, -0.2) is 4.79 Å². The molecule has 1 fully saturated rings. The van der Waals surface area contributed by atoms with E-state index in [1.54, 1.807) is 12.0 Å². The first-order valence-electron chi connectivity index (χ1n) is 7.18. The molecule has 6 heteroatoms. The summed E-state index contributed by atoms with van der Waals surface area (Å²) in [5.41, 5.74) is 0. The average Bonchev–Trinajstić information content (AvgIpc) is 2.46. The molecular weight excluding hydrogens is 260 g/mol. The smallest absolute Gasteiger partial charge is 0.320 e. The van der Waals surface area contributed by atoms with E-state index in [1.165, 1.54) is 13.5 Å². The molecule has 1 atom stereocenters. The highest BCUT2D eigenvalue weighted by Gasteiger charge is 2.25. The third kappa shape index (κ3) is 5.36. The Bertz CT molecular complexity index is 322. The lowest BCUT2D eigenvalue weighted by atomic mass is 10.0. The van der Waals surface area contributed by atoms with Crippen molar-refractivity contribution in [1.29, 1.82) is 0 Å². The van der Waals surface area contributed by atoms with Crippen LogP contribution in [0.5, 0.6) is 0 Å². The van der Waals surface area contributed by atoms with E-state index >= 15 is 0 Å². The zero-order valence-electron chi connectivity index (χ0n) is 12.8. The Balaban J connectivity index is 2.55. The van der Waals surface area contributed by atoms with Crippen molar-refractivity contribution in [3.8, 4) is 0 Å². The number of nitrogens with zero attached hydrogens (tertiary/aromatic N) is 2. The molecule has 1 unspecified atom stereocenters. The molecule has 0 N–H and O–H groups in total. The van der Waals surface area contributed by atoms with Crippen LogP contribution in [0.25, 0.3) is 0 Å². The van der Waals surface area contributed by atoms with Gasteiger partial charge < -0.3 is 19.3 Å². The van der Waals surface area contributed by atoms with Crippen LogP contribution in [-0.4, -0.2) is 68.8 Å². The molecule has 1 saturated heterocycles. The van der Waals surface area contributed by atoms with E-state index in [2.05, 4.69) is 11.7 Å². The number of hydrogen-bond donors (Lipinski definition) is 0. The van der Waals surface area contributed by atoms with E-state index in [-0.39, 0.29) is 18.4 Å². The van der Waals surface area contributed by atoms with E-state index < -0.39 is 0 Å². The molecular formula is C14H26N2O4. The summed E-state index contributed by atoms with van der Waals surface area (Å²) >= 11 is 0. The molecule has 1 aliphatic rings. The molecule has 6 nitrogen and oxygen atoms in total. The van der Waals surface area contributed by atoms with Crippen LogP contribution in [0, 0.1) is 5.92 Å². The van der Waals surface area contributed by atoms with Gasteiger partial charge in [0.05, 0.1) is 20.1 Å². The second kappa shape index (κ2) is 8.79. The number of rotatable bonds is 6. The number of esters is 1. The molecule has 0 saturated carbocycles. The molecule has 20 heavy (non-hydrogen) atoms. The highest BCUT2D eigenvalue weighted by molar-refractivity contribution is 5.76. The molecule has 2 amide bonds. The molecule has 0 radical (unpaired) electrons. The Morgan fingerprint density at radius 1 is 1.30 bits per heavy atom. The monoisotopic (exact) mass is 286 g/mol. The van der Waals surface area contributed by atoms with Crippen LogP contribution >= 0.6 is 0 Å². The molecule has 0 aromatic rings. The molecule has 0 spiro atoms. The van der Waals surface area contributed by atoms with Crippen molar-refractivity contribution in [2.45, 2.75) is 26.2 Å². The Kier molecular flexibility index (Phi) is 7.36. The van der Waals surface area contributed by atoms with Gasteiger partial charge in [0.1, 0.15) is 0 Å². The van der Waals surface area contributed by atoms with E-state index in [9.17, 15) is 9.59 Å². The van der Waals surface area contributed by atoms with Crippen LogP contribution in [0.15, 0.2) is 0 Å². The van der Waals surface area contributed by atoms with Gasteiger partial charge in [-0.2, -0.15) is 0 Å². The first-order valence-corrected chi connectivity index (χ1v) is 7.18. The van der Waals surface area contributed by atoms with Gasteiger partial charge in [-0.05, 0) is 18.8 Å². The predicted octanol–water partition coefficient (Wildman–Crippen LogP) is 1.35. The fourth-order valence-corrected chi connectivity index (χ4v) is 2.40. The Morgan fingerprint density at radius 3 is 2.65 bits per heavy atom. The van der Waals surface area contributed by atoms with Crippen molar-refractivity contribution in [3.05, 3.63) is 0 Å². The summed E-state index contributed by atoms with van der Waals surface area (Å²) in [7, 11) is 2.96. The predicted molar refractivity (Wildman–Crippen MR) is 75.4 cm³/mol. The van der Waals surface area contributed by atoms with E-state index in [0.717, 1.165) is 19.5 Å². The maximum atomic E-state index is 12.5. The highest BCUT2D eigenvalue weighted by atomic mass is 16.5. The number of hydrogen-bond acceptors (Lipinski definition) is 4. The van der Waals surface area contributed by atoms with Crippen LogP contribution in [0.3, 0.4) is 0 Å². The Hall–Kier alpha value is -1.30. The number of likely N-dealkylation sites (tertiary alicyclic amines) is 1. The topological polar surface area (TPSA) is 59.1 Å². The summed E-state index contributed by atoms with van der Waals surface area (Å²) in [6.45, 7) is 5.09. The van der Waals surface area contributed by atoms with Gasteiger partial charge in [0.15, 0.2) is 0 Å². The zero-order chi connectivity index (χ0) is 15.0. The summed E-state index contributed by atoms with van der Waals surface area (Å²) < 4.78 is 9.66. The first kappa shape index (κ1) is 16.8. The molecule has 116 valence electrons. The fraction of sp³-hybridized carbons (Fsp3) is 0.857. The lowest BCUT2D eigenvalue weighted by molar-refractivity contribution is -0.140. The quantitative estimate of drug-likeness (QED) is 0.692. The van der Waals surface area contributed by atoms with Crippen LogP contribution in [0.2, 0.25) is 0 Å². The Morgan fingerprint density at radius 2 is 2.05 bits per heavy atom. The number of ether oxygens (including phenoxy) is 2. The van der Waals surface area contributed by atoms with Crippen molar-refractivity contribution in [1.82, 2.24) is 9.80 Å². The molecule has 0 aromatic heterocycles. The van der Waals surface area contributed by atoms with Crippen molar-refractivity contribution >= 4 is 12.0 Å². The van der Waals surface area contributed by atoms with Crippen LogP contribution in [0.1, 0.15) is 26.2 Å².